The number of rotatable bonds is 3. The Morgan fingerprint density at radius 2 is 2.11 bits per heavy atom. The number of amides is 1. The number of alkyl carbamates (subject to hydrolysis) is 1. The van der Waals surface area contributed by atoms with Gasteiger partial charge >= 0.3 is 6.09 Å². The maximum atomic E-state index is 13.6. The molecule has 0 fully saturated rings. The number of benzene rings is 1. The van der Waals surface area contributed by atoms with Crippen LogP contribution in [0.5, 0.6) is 0 Å². The molecule has 1 amide bonds. The summed E-state index contributed by atoms with van der Waals surface area (Å²) >= 11 is 3.26. The summed E-state index contributed by atoms with van der Waals surface area (Å²) in [6.07, 6.45) is -0.550. The lowest BCUT2D eigenvalue weighted by molar-refractivity contribution is 0.0523. The zero-order chi connectivity index (χ0) is 13.8. The summed E-state index contributed by atoms with van der Waals surface area (Å²) in [6, 6.07) is 4.91. The first-order valence-corrected chi connectivity index (χ1v) is 6.74. The average Bonchev–Trinajstić information content (AvgIpc) is 2.25. The van der Waals surface area contributed by atoms with Crippen molar-refractivity contribution >= 4 is 22.0 Å². The minimum Gasteiger partial charge on any atom is -0.444 e. The van der Waals surface area contributed by atoms with Crippen LogP contribution < -0.4 is 5.32 Å². The van der Waals surface area contributed by atoms with Gasteiger partial charge in [-0.25, -0.2) is 9.18 Å². The number of hydrogen-bond acceptors (Lipinski definition) is 2. The predicted molar refractivity (Wildman–Crippen MR) is 72.1 cm³/mol. The maximum Gasteiger partial charge on any atom is 0.407 e. The summed E-state index contributed by atoms with van der Waals surface area (Å²) in [7, 11) is 0. The van der Waals surface area contributed by atoms with Gasteiger partial charge in [0, 0.05) is 17.4 Å². The average molecular weight is 318 g/mol. The highest BCUT2D eigenvalue weighted by Crippen LogP contribution is 2.13. The van der Waals surface area contributed by atoms with Crippen LogP contribution in [-0.4, -0.2) is 11.7 Å². The lowest BCUT2D eigenvalue weighted by Crippen LogP contribution is -2.32. The topological polar surface area (TPSA) is 38.3 Å². The monoisotopic (exact) mass is 317 g/mol. The summed E-state index contributed by atoms with van der Waals surface area (Å²) in [5.41, 5.74) is 0.738. The minimum atomic E-state index is -0.553. The van der Waals surface area contributed by atoms with Crippen LogP contribution in [0.3, 0.4) is 0 Å². The molecule has 0 radical (unpaired) electrons. The smallest absolute Gasteiger partial charge is 0.407 e. The van der Waals surface area contributed by atoms with E-state index in [1.807, 2.05) is 6.07 Å². The summed E-state index contributed by atoms with van der Waals surface area (Å²) < 4.78 is 18.7. The molecule has 0 atom stereocenters. The van der Waals surface area contributed by atoms with Gasteiger partial charge in [0.05, 0.1) is 0 Å². The second-order valence-corrected chi connectivity index (χ2v) is 5.48. The van der Waals surface area contributed by atoms with Crippen LogP contribution in [0.25, 0.3) is 0 Å². The fourth-order valence-corrected chi connectivity index (χ4v) is 1.65. The molecule has 3 nitrogen and oxygen atoms in total. The Morgan fingerprint density at radius 3 is 2.61 bits per heavy atom. The number of alkyl halides is 1. The van der Waals surface area contributed by atoms with Crippen molar-refractivity contribution in [3.63, 3.8) is 0 Å². The summed E-state index contributed by atoms with van der Waals surface area (Å²) in [6.45, 7) is 5.44. The van der Waals surface area contributed by atoms with E-state index in [0.717, 1.165) is 5.56 Å². The zero-order valence-corrected chi connectivity index (χ0v) is 12.3. The lowest BCUT2D eigenvalue weighted by Gasteiger charge is -2.19. The van der Waals surface area contributed by atoms with E-state index in [0.29, 0.717) is 10.9 Å². The van der Waals surface area contributed by atoms with Gasteiger partial charge in [-0.2, -0.15) is 0 Å². The second kappa shape index (κ2) is 6.18. The molecule has 0 unspecified atom stereocenters. The van der Waals surface area contributed by atoms with Crippen molar-refractivity contribution in [3.8, 4) is 0 Å². The number of hydrogen-bond donors (Lipinski definition) is 1. The third kappa shape index (κ3) is 5.04. The normalized spacial score (nSPS) is 11.2. The Bertz CT molecular complexity index is 429. The quantitative estimate of drug-likeness (QED) is 0.862. The van der Waals surface area contributed by atoms with E-state index in [-0.39, 0.29) is 12.4 Å². The highest BCUT2D eigenvalue weighted by atomic mass is 79.9. The summed E-state index contributed by atoms with van der Waals surface area (Å²) in [5.74, 6) is -0.331. The van der Waals surface area contributed by atoms with Crippen LogP contribution in [0.4, 0.5) is 9.18 Å². The number of nitrogens with one attached hydrogen (secondary N) is 1. The standard InChI is InChI=1S/C13H17BrFNO2/c1-13(2,3)18-12(17)16-8-10-5-4-9(7-14)6-11(10)15/h4-6H,7-8H2,1-3H3,(H,16,17). The Morgan fingerprint density at radius 1 is 1.44 bits per heavy atom. The van der Waals surface area contributed by atoms with Crippen molar-refractivity contribution in [2.24, 2.45) is 0 Å². The fraction of sp³-hybridized carbons (Fsp3) is 0.462. The second-order valence-electron chi connectivity index (χ2n) is 4.91. The molecule has 0 aliphatic carbocycles. The molecule has 0 saturated carbocycles. The van der Waals surface area contributed by atoms with E-state index >= 15 is 0 Å². The van der Waals surface area contributed by atoms with Crippen LogP contribution in [0.15, 0.2) is 18.2 Å². The van der Waals surface area contributed by atoms with Crippen molar-refractivity contribution in [1.82, 2.24) is 5.32 Å². The Kier molecular flexibility index (Phi) is 5.14. The zero-order valence-electron chi connectivity index (χ0n) is 10.7. The molecule has 0 aliphatic rings. The van der Waals surface area contributed by atoms with Crippen molar-refractivity contribution in [1.29, 1.82) is 0 Å². The van der Waals surface area contributed by atoms with E-state index in [2.05, 4.69) is 21.2 Å². The van der Waals surface area contributed by atoms with Gasteiger partial charge in [0.25, 0.3) is 0 Å². The molecule has 1 N–H and O–H groups in total. The van der Waals surface area contributed by atoms with Crippen molar-refractivity contribution < 1.29 is 13.9 Å². The molecular formula is C13H17BrFNO2. The van der Waals surface area contributed by atoms with Gasteiger partial charge in [0.1, 0.15) is 11.4 Å². The summed E-state index contributed by atoms with van der Waals surface area (Å²) in [4.78, 5) is 11.4. The largest absolute Gasteiger partial charge is 0.444 e. The van der Waals surface area contributed by atoms with E-state index in [9.17, 15) is 9.18 Å². The molecule has 100 valence electrons. The van der Waals surface area contributed by atoms with Gasteiger partial charge < -0.3 is 10.1 Å². The molecule has 0 saturated heterocycles. The molecular weight excluding hydrogens is 301 g/mol. The molecule has 0 bridgehead atoms. The van der Waals surface area contributed by atoms with Crippen LogP contribution in [0.2, 0.25) is 0 Å². The Balaban J connectivity index is 2.56. The van der Waals surface area contributed by atoms with Crippen LogP contribution >= 0.6 is 15.9 Å². The van der Waals surface area contributed by atoms with Crippen molar-refractivity contribution in [3.05, 3.63) is 35.1 Å². The Hall–Kier alpha value is -1.10. The van der Waals surface area contributed by atoms with Gasteiger partial charge in [-0.3, -0.25) is 0 Å². The molecule has 5 heteroatoms. The van der Waals surface area contributed by atoms with E-state index < -0.39 is 11.7 Å². The lowest BCUT2D eigenvalue weighted by atomic mass is 10.1. The van der Waals surface area contributed by atoms with Gasteiger partial charge in [-0.05, 0) is 32.4 Å². The number of carbonyl (C=O) groups excluding carboxylic acids is 1. The van der Waals surface area contributed by atoms with Crippen molar-refractivity contribution in [2.75, 3.05) is 0 Å². The van der Waals surface area contributed by atoms with Crippen LogP contribution in [0.1, 0.15) is 31.9 Å². The molecule has 0 aromatic heterocycles. The minimum absolute atomic E-state index is 0.114. The van der Waals surface area contributed by atoms with E-state index in [1.165, 1.54) is 6.07 Å². The van der Waals surface area contributed by atoms with Gasteiger partial charge in [0.15, 0.2) is 0 Å². The molecule has 18 heavy (non-hydrogen) atoms. The van der Waals surface area contributed by atoms with E-state index in [4.69, 9.17) is 4.74 Å². The highest BCUT2D eigenvalue weighted by Gasteiger charge is 2.16. The number of ether oxygens (including phenoxy) is 1. The van der Waals surface area contributed by atoms with Gasteiger partial charge in [0.2, 0.25) is 0 Å². The SMILES string of the molecule is CC(C)(C)OC(=O)NCc1ccc(CBr)cc1F. The molecule has 0 aliphatic heterocycles. The first-order valence-electron chi connectivity index (χ1n) is 5.62. The Labute approximate surface area is 115 Å². The first-order chi connectivity index (χ1) is 8.31. The van der Waals surface area contributed by atoms with Crippen LogP contribution in [0, 0.1) is 5.82 Å². The molecule has 0 spiro atoms. The fourth-order valence-electron chi connectivity index (χ4n) is 1.30. The summed E-state index contributed by atoms with van der Waals surface area (Å²) in [5, 5.41) is 3.12. The third-order valence-electron chi connectivity index (χ3n) is 2.09. The highest BCUT2D eigenvalue weighted by molar-refractivity contribution is 9.08. The maximum absolute atomic E-state index is 13.6. The number of carbonyl (C=O) groups is 1. The molecule has 1 aromatic rings. The predicted octanol–water partition coefficient (Wildman–Crippen LogP) is 3.75. The number of halogens is 2. The van der Waals surface area contributed by atoms with E-state index in [1.54, 1.807) is 26.8 Å². The first kappa shape index (κ1) is 15.0. The van der Waals surface area contributed by atoms with Crippen molar-refractivity contribution in [2.45, 2.75) is 38.2 Å². The van der Waals surface area contributed by atoms with Crippen LogP contribution in [-0.2, 0) is 16.6 Å². The molecule has 1 rings (SSSR count). The molecule has 1 aromatic carbocycles. The third-order valence-corrected chi connectivity index (χ3v) is 2.74. The van der Waals surface area contributed by atoms with Gasteiger partial charge in [-0.15, -0.1) is 0 Å². The van der Waals surface area contributed by atoms with Gasteiger partial charge in [-0.1, -0.05) is 28.1 Å². The molecule has 0 heterocycles.